The number of carboxylic acid groups (broad SMARTS) is 1. The van der Waals surface area contributed by atoms with Crippen molar-refractivity contribution in [1.82, 2.24) is 0 Å². The van der Waals surface area contributed by atoms with Crippen molar-refractivity contribution in [3.8, 4) is 0 Å². The van der Waals surface area contributed by atoms with E-state index in [0.717, 1.165) is 33.5 Å². The van der Waals surface area contributed by atoms with Crippen LogP contribution in [-0.4, -0.2) is 16.8 Å². The molecule has 0 unspecified atom stereocenters. The first-order chi connectivity index (χ1) is 17.2. The topological polar surface area (TPSA) is 154 Å². The Morgan fingerprint density at radius 1 is 0.722 bits per heavy atom. The quantitative estimate of drug-likeness (QED) is 0.168. The lowest BCUT2D eigenvalue weighted by molar-refractivity contribution is 0.0698. The number of carboxylic acids is 1. The van der Waals surface area contributed by atoms with Gasteiger partial charge in [-0.3, -0.25) is 4.99 Å². The number of carbonyl (C=O) groups is 1. The molecule has 7 nitrogen and oxygen atoms in total. The van der Waals surface area contributed by atoms with E-state index < -0.39 is 5.97 Å². The Bertz CT molecular complexity index is 1400. The molecule has 0 atom stereocenters. The summed E-state index contributed by atoms with van der Waals surface area (Å²) in [7, 11) is 0. The molecule has 0 amide bonds. The first-order valence-electron chi connectivity index (χ1n) is 10.8. The Hall–Kier alpha value is -3.82. The van der Waals surface area contributed by atoms with E-state index in [9.17, 15) is 4.79 Å². The molecule has 0 aliphatic carbocycles. The van der Waals surface area contributed by atoms with Crippen molar-refractivity contribution in [2.24, 2.45) is 4.99 Å². The molecular weight excluding hydrogens is 586 g/mol. The Morgan fingerprint density at radius 3 is 1.83 bits per heavy atom. The Labute approximate surface area is 226 Å². The van der Waals surface area contributed by atoms with Crippen LogP contribution in [0.3, 0.4) is 0 Å². The minimum atomic E-state index is -1.01. The van der Waals surface area contributed by atoms with Gasteiger partial charge >= 0.3 is 5.97 Å². The third kappa shape index (κ3) is 6.65. The number of hydrogen-bond acceptors (Lipinski definition) is 6. The minimum Gasteiger partial charge on any atom is -0.478 e. The van der Waals surface area contributed by atoms with Crippen molar-refractivity contribution in [2.45, 2.75) is 6.42 Å². The summed E-state index contributed by atoms with van der Waals surface area (Å²) in [5.41, 5.74) is 29.2. The number of aromatic carboxylic acids is 1. The van der Waals surface area contributed by atoms with Crippen molar-refractivity contribution in [1.29, 1.82) is 0 Å². The number of nitrogens with two attached hydrogens (primary N) is 4. The van der Waals surface area contributed by atoms with Crippen molar-refractivity contribution in [3.63, 3.8) is 0 Å². The molecule has 184 valence electrons. The number of nitrogen functional groups attached to an aromatic ring is 4. The third-order valence-corrected chi connectivity index (χ3v) is 6.63. The maximum atomic E-state index is 10.5. The molecule has 4 aromatic rings. The number of nitrogens with zero attached hydrogens (tertiary/aromatic N) is 1. The van der Waals surface area contributed by atoms with Crippen LogP contribution < -0.4 is 22.9 Å². The van der Waals surface area contributed by atoms with E-state index in [4.69, 9.17) is 28.0 Å². The Morgan fingerprint density at radius 2 is 1.28 bits per heavy atom. The maximum absolute atomic E-state index is 10.5. The van der Waals surface area contributed by atoms with Gasteiger partial charge in [-0.15, -0.1) is 0 Å². The zero-order chi connectivity index (χ0) is 26.2. The van der Waals surface area contributed by atoms with Gasteiger partial charge in [0, 0.05) is 20.9 Å². The summed E-state index contributed by atoms with van der Waals surface area (Å²) in [6.07, 6.45) is 0.858. The van der Waals surface area contributed by atoms with Gasteiger partial charge in [0.1, 0.15) is 0 Å². The highest BCUT2D eigenvalue weighted by atomic mass is 79.9. The number of aliphatic imine (C=N–C) groups is 1. The van der Waals surface area contributed by atoms with Gasteiger partial charge in [-0.1, -0.05) is 48.5 Å². The summed E-state index contributed by atoms with van der Waals surface area (Å²) in [4.78, 5) is 15.1. The van der Waals surface area contributed by atoms with Gasteiger partial charge in [-0.2, -0.15) is 0 Å². The van der Waals surface area contributed by atoms with E-state index in [1.807, 2.05) is 48.5 Å². The van der Waals surface area contributed by atoms with Crippen LogP contribution in [0.25, 0.3) is 0 Å². The number of hydrogen-bond donors (Lipinski definition) is 5. The lowest BCUT2D eigenvalue weighted by Gasteiger charge is -2.06. The predicted octanol–water partition coefficient (Wildman–Crippen LogP) is 6.29. The first-order valence-corrected chi connectivity index (χ1v) is 12.3. The van der Waals surface area contributed by atoms with E-state index in [2.05, 4.69) is 42.9 Å². The van der Waals surface area contributed by atoms with Crippen LogP contribution in [0.15, 0.2) is 98.9 Å². The third-order valence-electron chi connectivity index (χ3n) is 5.25. The Balaban J connectivity index is 0.000000164. The van der Waals surface area contributed by atoms with Crippen molar-refractivity contribution >= 4 is 72.0 Å². The standard InChI is InChI=1S/C14H11BrN2.C7H6BrNO2.C6H8N2/c15-11-6-3-5-10(14(11)16)13-8-9-4-1-2-7-12(9)17-13;8-5-3-1-2-4(6(5)9)7(10)11;7-5-3-1-2-4-6(5)8/h1-7H,8,16H2;1-3H,9H2,(H,10,11);1-4H,7-8H2. The number of anilines is 4. The fraction of sp³-hybridized carbons (Fsp3) is 0.0370. The highest BCUT2D eigenvalue weighted by Crippen LogP contribution is 2.32. The molecule has 1 aliphatic rings. The van der Waals surface area contributed by atoms with Gasteiger partial charge in [0.25, 0.3) is 0 Å². The second kappa shape index (κ2) is 12.2. The van der Waals surface area contributed by atoms with E-state index in [1.54, 1.807) is 24.3 Å². The van der Waals surface area contributed by atoms with E-state index in [1.165, 1.54) is 11.6 Å². The molecule has 1 aliphatic heterocycles. The number of halogens is 2. The number of fused-ring (bicyclic) bond motifs is 1. The van der Waals surface area contributed by atoms with Gasteiger partial charge in [0.15, 0.2) is 0 Å². The summed E-state index contributed by atoms with van der Waals surface area (Å²) in [6.45, 7) is 0. The minimum absolute atomic E-state index is 0.124. The molecule has 0 bridgehead atoms. The molecule has 0 spiro atoms. The SMILES string of the molecule is Nc1c(Br)cccc1C(=O)O.Nc1c(Br)cccc1C1=Nc2ccccc2C1.Nc1ccccc1N. The summed E-state index contributed by atoms with van der Waals surface area (Å²) >= 11 is 6.57. The number of para-hydroxylation sites is 5. The van der Waals surface area contributed by atoms with Crippen LogP contribution >= 0.6 is 31.9 Å². The highest BCUT2D eigenvalue weighted by molar-refractivity contribution is 9.11. The van der Waals surface area contributed by atoms with Crippen LogP contribution in [0.5, 0.6) is 0 Å². The molecule has 0 aromatic heterocycles. The van der Waals surface area contributed by atoms with Gasteiger partial charge in [-0.05, 0) is 73.8 Å². The van der Waals surface area contributed by atoms with Crippen LogP contribution in [0, 0.1) is 0 Å². The molecule has 0 saturated carbocycles. The van der Waals surface area contributed by atoms with Crippen LogP contribution in [0.4, 0.5) is 28.4 Å². The summed E-state index contributed by atoms with van der Waals surface area (Å²) in [5.74, 6) is -1.01. The molecule has 5 rings (SSSR count). The number of rotatable bonds is 2. The zero-order valence-electron chi connectivity index (χ0n) is 19.2. The molecular formula is C27H25Br2N5O2. The molecule has 9 heteroatoms. The predicted molar refractivity (Wildman–Crippen MR) is 156 cm³/mol. The molecule has 9 N–H and O–H groups in total. The normalized spacial score (nSPS) is 11.2. The lowest BCUT2D eigenvalue weighted by atomic mass is 10.0. The zero-order valence-corrected chi connectivity index (χ0v) is 22.3. The smallest absolute Gasteiger partial charge is 0.337 e. The van der Waals surface area contributed by atoms with Crippen molar-refractivity contribution in [2.75, 3.05) is 22.9 Å². The van der Waals surface area contributed by atoms with Gasteiger partial charge in [0.2, 0.25) is 0 Å². The second-order valence-electron chi connectivity index (χ2n) is 7.70. The molecule has 0 fully saturated rings. The summed E-state index contributed by atoms with van der Waals surface area (Å²) < 4.78 is 1.53. The van der Waals surface area contributed by atoms with Crippen molar-refractivity contribution < 1.29 is 9.90 Å². The van der Waals surface area contributed by atoms with Crippen molar-refractivity contribution in [3.05, 3.63) is 111 Å². The van der Waals surface area contributed by atoms with Gasteiger partial charge < -0.3 is 28.0 Å². The van der Waals surface area contributed by atoms with Crippen LogP contribution in [-0.2, 0) is 6.42 Å². The largest absolute Gasteiger partial charge is 0.478 e. The van der Waals surface area contributed by atoms with Crippen LogP contribution in [0.2, 0.25) is 0 Å². The fourth-order valence-corrected chi connectivity index (χ4v) is 4.05. The average Bonchev–Trinajstić information content (AvgIpc) is 3.29. The fourth-order valence-electron chi connectivity index (χ4n) is 3.31. The molecule has 0 saturated heterocycles. The number of benzene rings is 4. The van der Waals surface area contributed by atoms with Gasteiger partial charge in [-0.25, -0.2) is 4.79 Å². The van der Waals surface area contributed by atoms with Crippen LogP contribution in [0.1, 0.15) is 21.5 Å². The van der Waals surface area contributed by atoms with E-state index in [-0.39, 0.29) is 11.3 Å². The lowest BCUT2D eigenvalue weighted by Crippen LogP contribution is -2.05. The van der Waals surface area contributed by atoms with E-state index >= 15 is 0 Å². The summed E-state index contributed by atoms with van der Waals surface area (Å²) in [5, 5.41) is 8.59. The average molecular weight is 611 g/mol. The molecule has 36 heavy (non-hydrogen) atoms. The maximum Gasteiger partial charge on any atom is 0.337 e. The summed E-state index contributed by atoms with van der Waals surface area (Å²) in [6, 6.07) is 26.2. The monoisotopic (exact) mass is 609 g/mol. The molecule has 4 aromatic carbocycles. The first kappa shape index (κ1) is 26.8. The molecule has 0 radical (unpaired) electrons. The van der Waals surface area contributed by atoms with E-state index in [0.29, 0.717) is 15.8 Å². The second-order valence-corrected chi connectivity index (χ2v) is 9.41. The van der Waals surface area contributed by atoms with Gasteiger partial charge in [0.05, 0.1) is 39.7 Å². The highest BCUT2D eigenvalue weighted by Gasteiger charge is 2.17. The Kier molecular flexibility index (Phi) is 9.10. The molecule has 1 heterocycles.